The molecular weight excluding hydrogens is 316 g/mol. The molecule has 2 aromatic rings. The quantitative estimate of drug-likeness (QED) is 0.787. The lowest BCUT2D eigenvalue weighted by Crippen LogP contribution is -2.30. The average Bonchev–Trinajstić information content (AvgIpc) is 3.01. The lowest BCUT2D eigenvalue weighted by Gasteiger charge is -2.22. The van der Waals surface area contributed by atoms with Crippen molar-refractivity contribution in [2.45, 2.75) is 45.1 Å². The maximum atomic E-state index is 12.1. The molecule has 1 fully saturated rings. The number of amides is 2. The summed E-state index contributed by atoms with van der Waals surface area (Å²) in [6.07, 6.45) is 7.55. The third-order valence-corrected chi connectivity index (χ3v) is 4.52. The van der Waals surface area contributed by atoms with Gasteiger partial charge in [0.05, 0.1) is 29.4 Å². The number of nitrogens with one attached hydrogen (secondary N) is 2. The lowest BCUT2D eigenvalue weighted by molar-refractivity contribution is 0.0103. The Morgan fingerprint density at radius 2 is 2.16 bits per heavy atom. The van der Waals surface area contributed by atoms with E-state index in [1.807, 2.05) is 41.9 Å². The van der Waals surface area contributed by atoms with E-state index in [-0.39, 0.29) is 6.03 Å². The first-order chi connectivity index (χ1) is 12.2. The Morgan fingerprint density at radius 1 is 1.32 bits per heavy atom. The highest BCUT2D eigenvalue weighted by Crippen LogP contribution is 2.18. The van der Waals surface area contributed by atoms with Gasteiger partial charge in [0, 0.05) is 13.2 Å². The van der Waals surface area contributed by atoms with Gasteiger partial charge in [-0.1, -0.05) is 18.2 Å². The lowest BCUT2D eigenvalue weighted by atomic mass is 10.0. The number of rotatable bonds is 6. The standard InChI is InChI=1S/C19H26N4O2/c1-15-18(14-21-23(15)16-8-3-2-4-9-16)22-19(24)20-12-7-11-17-10-5-6-13-25-17/h2-4,8-9,14,17H,5-7,10-13H2,1H3,(H2,20,22,24). The van der Waals surface area contributed by atoms with Gasteiger partial charge in [-0.15, -0.1) is 0 Å². The van der Waals surface area contributed by atoms with Crippen LogP contribution in [0.2, 0.25) is 0 Å². The van der Waals surface area contributed by atoms with E-state index >= 15 is 0 Å². The molecule has 1 atom stereocenters. The average molecular weight is 342 g/mol. The van der Waals surface area contributed by atoms with Crippen molar-refractivity contribution in [1.29, 1.82) is 0 Å². The van der Waals surface area contributed by atoms with Gasteiger partial charge in [-0.3, -0.25) is 0 Å². The van der Waals surface area contributed by atoms with Crippen LogP contribution in [0.1, 0.15) is 37.8 Å². The second-order valence-corrected chi connectivity index (χ2v) is 6.40. The number of hydrogen-bond donors (Lipinski definition) is 2. The monoisotopic (exact) mass is 342 g/mol. The molecule has 1 aliphatic rings. The Kier molecular flexibility index (Phi) is 6.06. The molecule has 2 N–H and O–H groups in total. The SMILES string of the molecule is Cc1c(NC(=O)NCCCC2CCCCO2)cnn1-c1ccccc1. The maximum absolute atomic E-state index is 12.1. The van der Waals surface area contributed by atoms with Gasteiger partial charge >= 0.3 is 6.03 Å². The van der Waals surface area contributed by atoms with Gasteiger partial charge in [-0.05, 0) is 51.2 Å². The van der Waals surface area contributed by atoms with Crippen LogP contribution in [-0.2, 0) is 4.74 Å². The third kappa shape index (κ3) is 4.82. The van der Waals surface area contributed by atoms with Crippen LogP contribution in [0.15, 0.2) is 36.5 Å². The number of hydrogen-bond acceptors (Lipinski definition) is 3. The van der Waals surface area contributed by atoms with E-state index in [4.69, 9.17) is 4.74 Å². The van der Waals surface area contributed by atoms with Crippen LogP contribution in [0.25, 0.3) is 5.69 Å². The van der Waals surface area contributed by atoms with Crippen molar-refractivity contribution >= 4 is 11.7 Å². The van der Waals surface area contributed by atoms with Crippen molar-refractivity contribution in [3.05, 3.63) is 42.2 Å². The molecule has 1 aromatic heterocycles. The molecule has 0 spiro atoms. The zero-order valence-corrected chi connectivity index (χ0v) is 14.7. The van der Waals surface area contributed by atoms with Crippen LogP contribution >= 0.6 is 0 Å². The summed E-state index contributed by atoms with van der Waals surface area (Å²) < 4.78 is 7.52. The predicted octanol–water partition coefficient (Wildman–Crippen LogP) is 3.65. The largest absolute Gasteiger partial charge is 0.378 e. The van der Waals surface area contributed by atoms with E-state index < -0.39 is 0 Å². The van der Waals surface area contributed by atoms with E-state index in [1.165, 1.54) is 12.8 Å². The van der Waals surface area contributed by atoms with E-state index in [9.17, 15) is 4.79 Å². The number of aromatic nitrogens is 2. The van der Waals surface area contributed by atoms with Crippen molar-refractivity contribution in [2.75, 3.05) is 18.5 Å². The van der Waals surface area contributed by atoms with Crippen LogP contribution in [0, 0.1) is 6.92 Å². The molecule has 1 aromatic carbocycles. The molecule has 1 aliphatic heterocycles. The van der Waals surface area contributed by atoms with Gasteiger partial charge in [-0.2, -0.15) is 5.10 Å². The second-order valence-electron chi connectivity index (χ2n) is 6.40. The fraction of sp³-hybridized carbons (Fsp3) is 0.474. The van der Waals surface area contributed by atoms with E-state index in [0.29, 0.717) is 12.6 Å². The summed E-state index contributed by atoms with van der Waals surface area (Å²) in [4.78, 5) is 12.1. The van der Waals surface area contributed by atoms with Gasteiger partial charge in [0.1, 0.15) is 0 Å². The Balaban J connectivity index is 1.44. The van der Waals surface area contributed by atoms with Crippen LogP contribution in [0.3, 0.4) is 0 Å². The van der Waals surface area contributed by atoms with Gasteiger partial charge in [0.25, 0.3) is 0 Å². The molecular formula is C19H26N4O2. The number of anilines is 1. The van der Waals surface area contributed by atoms with Gasteiger partial charge in [0.2, 0.25) is 0 Å². The molecule has 1 saturated heterocycles. The zero-order chi connectivity index (χ0) is 17.5. The fourth-order valence-electron chi connectivity index (χ4n) is 3.10. The van der Waals surface area contributed by atoms with Crippen molar-refractivity contribution in [2.24, 2.45) is 0 Å². The first-order valence-corrected chi connectivity index (χ1v) is 9.00. The molecule has 3 rings (SSSR count). The molecule has 25 heavy (non-hydrogen) atoms. The summed E-state index contributed by atoms with van der Waals surface area (Å²) in [5.74, 6) is 0. The van der Waals surface area contributed by atoms with Crippen LogP contribution in [0.4, 0.5) is 10.5 Å². The Hall–Kier alpha value is -2.34. The molecule has 6 nitrogen and oxygen atoms in total. The topological polar surface area (TPSA) is 68.2 Å². The number of ether oxygens (including phenoxy) is 1. The minimum absolute atomic E-state index is 0.194. The third-order valence-electron chi connectivity index (χ3n) is 4.52. The molecule has 0 bridgehead atoms. The fourth-order valence-corrected chi connectivity index (χ4v) is 3.10. The minimum Gasteiger partial charge on any atom is -0.378 e. The molecule has 0 saturated carbocycles. The van der Waals surface area contributed by atoms with Crippen LogP contribution < -0.4 is 10.6 Å². The highest BCUT2D eigenvalue weighted by Gasteiger charge is 2.14. The molecule has 0 aliphatic carbocycles. The molecule has 2 amide bonds. The van der Waals surface area contributed by atoms with Crippen molar-refractivity contribution < 1.29 is 9.53 Å². The normalized spacial score (nSPS) is 17.2. The predicted molar refractivity (Wildman–Crippen MR) is 98.1 cm³/mol. The first kappa shape index (κ1) is 17.5. The number of para-hydroxylation sites is 1. The van der Waals surface area contributed by atoms with Crippen LogP contribution in [-0.4, -0.2) is 35.1 Å². The Labute approximate surface area is 148 Å². The van der Waals surface area contributed by atoms with Crippen molar-refractivity contribution in [3.63, 3.8) is 0 Å². The number of benzene rings is 1. The highest BCUT2D eigenvalue weighted by atomic mass is 16.5. The molecule has 2 heterocycles. The van der Waals surface area contributed by atoms with Crippen molar-refractivity contribution in [1.82, 2.24) is 15.1 Å². The van der Waals surface area contributed by atoms with Gasteiger partial charge in [0.15, 0.2) is 0 Å². The summed E-state index contributed by atoms with van der Waals surface area (Å²) in [5.41, 5.74) is 2.59. The maximum Gasteiger partial charge on any atom is 0.319 e. The number of nitrogens with zero attached hydrogens (tertiary/aromatic N) is 2. The highest BCUT2D eigenvalue weighted by molar-refractivity contribution is 5.89. The molecule has 6 heteroatoms. The smallest absolute Gasteiger partial charge is 0.319 e. The van der Waals surface area contributed by atoms with Crippen molar-refractivity contribution in [3.8, 4) is 5.69 Å². The van der Waals surface area contributed by atoms with Crippen LogP contribution in [0.5, 0.6) is 0 Å². The summed E-state index contributed by atoms with van der Waals surface area (Å²) in [7, 11) is 0. The summed E-state index contributed by atoms with van der Waals surface area (Å²) in [5, 5.41) is 10.1. The number of carbonyl (C=O) groups is 1. The summed E-state index contributed by atoms with van der Waals surface area (Å²) in [6, 6.07) is 9.67. The zero-order valence-electron chi connectivity index (χ0n) is 14.7. The van der Waals surface area contributed by atoms with E-state index in [2.05, 4.69) is 15.7 Å². The Morgan fingerprint density at radius 3 is 2.92 bits per heavy atom. The number of carbonyl (C=O) groups excluding carboxylic acids is 1. The molecule has 134 valence electrons. The van der Waals surface area contributed by atoms with Gasteiger partial charge in [-0.25, -0.2) is 9.48 Å². The van der Waals surface area contributed by atoms with E-state index in [0.717, 1.165) is 42.9 Å². The molecule has 0 radical (unpaired) electrons. The van der Waals surface area contributed by atoms with Gasteiger partial charge < -0.3 is 15.4 Å². The second kappa shape index (κ2) is 8.67. The molecule has 1 unspecified atom stereocenters. The van der Waals surface area contributed by atoms with E-state index in [1.54, 1.807) is 6.20 Å². The first-order valence-electron chi connectivity index (χ1n) is 9.00. The summed E-state index contributed by atoms with van der Waals surface area (Å²) in [6.45, 7) is 3.47. The summed E-state index contributed by atoms with van der Waals surface area (Å²) >= 11 is 0. The minimum atomic E-state index is -0.194. The Bertz CT molecular complexity index is 678. The number of urea groups is 1.